The number of anilines is 1. The van der Waals surface area contributed by atoms with Gasteiger partial charge in [0.2, 0.25) is 5.95 Å². The van der Waals surface area contributed by atoms with Crippen molar-refractivity contribution in [3.05, 3.63) is 35.5 Å². The lowest BCUT2D eigenvalue weighted by Crippen LogP contribution is -2.40. The SMILES string of the molecule is Cc1noc(C)c1CN1CCOCC2(CCN(c3ncccn3)C2)C1. The van der Waals surface area contributed by atoms with Crippen LogP contribution in [0.1, 0.15) is 23.4 Å². The number of hydrogen-bond acceptors (Lipinski definition) is 7. The number of hydrogen-bond donors (Lipinski definition) is 0. The largest absolute Gasteiger partial charge is 0.379 e. The van der Waals surface area contributed by atoms with Crippen molar-refractivity contribution in [1.82, 2.24) is 20.0 Å². The zero-order valence-corrected chi connectivity index (χ0v) is 14.9. The van der Waals surface area contributed by atoms with Gasteiger partial charge in [-0.2, -0.15) is 0 Å². The maximum atomic E-state index is 5.98. The molecule has 0 bridgehead atoms. The summed E-state index contributed by atoms with van der Waals surface area (Å²) in [5.74, 6) is 1.74. The van der Waals surface area contributed by atoms with Crippen molar-refractivity contribution in [3.63, 3.8) is 0 Å². The maximum Gasteiger partial charge on any atom is 0.225 e. The van der Waals surface area contributed by atoms with Crippen molar-refractivity contribution in [2.45, 2.75) is 26.8 Å². The van der Waals surface area contributed by atoms with Crippen LogP contribution in [0.5, 0.6) is 0 Å². The molecule has 0 aliphatic carbocycles. The summed E-state index contributed by atoms with van der Waals surface area (Å²) < 4.78 is 11.3. The van der Waals surface area contributed by atoms with Crippen LogP contribution in [0.3, 0.4) is 0 Å². The molecule has 7 heteroatoms. The third kappa shape index (κ3) is 3.39. The van der Waals surface area contributed by atoms with Gasteiger partial charge in [-0.3, -0.25) is 4.90 Å². The van der Waals surface area contributed by atoms with Crippen LogP contribution < -0.4 is 4.90 Å². The van der Waals surface area contributed by atoms with E-state index in [1.54, 1.807) is 12.4 Å². The molecule has 4 heterocycles. The molecule has 2 aliphatic heterocycles. The normalized spacial score (nSPS) is 24.8. The van der Waals surface area contributed by atoms with E-state index in [2.05, 4.69) is 24.9 Å². The molecule has 1 unspecified atom stereocenters. The standard InChI is InChI=1S/C18H25N5O2/c1-14-16(15(2)25-21-14)10-22-8-9-24-13-18(11-22)4-7-23(12-18)17-19-5-3-6-20-17/h3,5-6H,4,7-13H2,1-2H3. The van der Waals surface area contributed by atoms with E-state index in [1.807, 2.05) is 19.9 Å². The van der Waals surface area contributed by atoms with Crippen LogP contribution >= 0.6 is 0 Å². The van der Waals surface area contributed by atoms with Gasteiger partial charge in [-0.05, 0) is 26.3 Å². The smallest absolute Gasteiger partial charge is 0.225 e. The highest BCUT2D eigenvalue weighted by Crippen LogP contribution is 2.35. The Hall–Kier alpha value is -1.99. The van der Waals surface area contributed by atoms with Gasteiger partial charge in [-0.1, -0.05) is 5.16 Å². The molecular formula is C18H25N5O2. The van der Waals surface area contributed by atoms with E-state index in [9.17, 15) is 0 Å². The molecule has 0 aromatic carbocycles. The van der Waals surface area contributed by atoms with E-state index >= 15 is 0 Å². The van der Waals surface area contributed by atoms with Gasteiger partial charge in [0.1, 0.15) is 5.76 Å². The Labute approximate surface area is 148 Å². The zero-order chi connectivity index (χ0) is 17.3. The van der Waals surface area contributed by atoms with E-state index in [-0.39, 0.29) is 5.41 Å². The number of aryl methyl sites for hydroxylation is 2. The summed E-state index contributed by atoms with van der Waals surface area (Å²) in [4.78, 5) is 13.6. The van der Waals surface area contributed by atoms with Gasteiger partial charge >= 0.3 is 0 Å². The minimum absolute atomic E-state index is 0.134. The molecule has 1 atom stereocenters. The first-order valence-corrected chi connectivity index (χ1v) is 8.89. The Morgan fingerprint density at radius 2 is 2.00 bits per heavy atom. The van der Waals surface area contributed by atoms with E-state index < -0.39 is 0 Å². The Bertz CT molecular complexity index is 700. The Kier molecular flexibility index (Phi) is 4.43. The fourth-order valence-electron chi connectivity index (χ4n) is 3.97. The molecule has 4 rings (SSSR count). The summed E-state index contributed by atoms with van der Waals surface area (Å²) in [5.41, 5.74) is 2.33. The van der Waals surface area contributed by atoms with E-state index in [0.717, 1.165) is 69.8 Å². The van der Waals surface area contributed by atoms with Crippen molar-refractivity contribution >= 4 is 5.95 Å². The Morgan fingerprint density at radius 1 is 1.16 bits per heavy atom. The highest BCUT2D eigenvalue weighted by Gasteiger charge is 2.42. The monoisotopic (exact) mass is 343 g/mol. The molecule has 0 saturated carbocycles. The molecule has 2 aromatic rings. The van der Waals surface area contributed by atoms with Crippen molar-refractivity contribution < 1.29 is 9.26 Å². The predicted molar refractivity (Wildman–Crippen MR) is 93.4 cm³/mol. The predicted octanol–water partition coefficient (Wildman–Crippen LogP) is 1.81. The van der Waals surface area contributed by atoms with Crippen molar-refractivity contribution in [3.8, 4) is 0 Å². The highest BCUT2D eigenvalue weighted by atomic mass is 16.5. The second-order valence-electron chi connectivity index (χ2n) is 7.29. The molecule has 2 aliphatic rings. The summed E-state index contributed by atoms with van der Waals surface area (Å²) in [5, 5.41) is 4.09. The third-order valence-corrected chi connectivity index (χ3v) is 5.36. The highest BCUT2D eigenvalue weighted by molar-refractivity contribution is 5.32. The average Bonchev–Trinajstić information content (AvgIpc) is 3.10. The van der Waals surface area contributed by atoms with Gasteiger partial charge in [0.15, 0.2) is 0 Å². The van der Waals surface area contributed by atoms with Crippen molar-refractivity contribution in [1.29, 1.82) is 0 Å². The number of rotatable bonds is 3. The minimum atomic E-state index is 0.134. The molecule has 25 heavy (non-hydrogen) atoms. The molecule has 1 spiro atoms. The zero-order valence-electron chi connectivity index (χ0n) is 14.9. The van der Waals surface area contributed by atoms with Gasteiger partial charge < -0.3 is 14.2 Å². The fraction of sp³-hybridized carbons (Fsp3) is 0.611. The van der Waals surface area contributed by atoms with Crippen LogP contribution in [0.4, 0.5) is 5.95 Å². The molecule has 0 N–H and O–H groups in total. The lowest BCUT2D eigenvalue weighted by atomic mass is 9.87. The number of nitrogens with zero attached hydrogens (tertiary/aromatic N) is 5. The molecule has 2 fully saturated rings. The summed E-state index contributed by atoms with van der Waals surface area (Å²) >= 11 is 0. The summed E-state index contributed by atoms with van der Waals surface area (Å²) in [7, 11) is 0. The number of ether oxygens (including phenoxy) is 1. The van der Waals surface area contributed by atoms with Gasteiger partial charge in [0.25, 0.3) is 0 Å². The lowest BCUT2D eigenvalue weighted by Gasteiger charge is -2.31. The summed E-state index contributed by atoms with van der Waals surface area (Å²) in [6.07, 6.45) is 4.71. The van der Waals surface area contributed by atoms with Crippen molar-refractivity contribution in [2.24, 2.45) is 5.41 Å². The first kappa shape index (κ1) is 16.5. The van der Waals surface area contributed by atoms with Crippen LogP contribution in [0, 0.1) is 19.3 Å². The third-order valence-electron chi connectivity index (χ3n) is 5.36. The van der Waals surface area contributed by atoms with E-state index in [0.29, 0.717) is 0 Å². The lowest BCUT2D eigenvalue weighted by molar-refractivity contribution is 0.0798. The van der Waals surface area contributed by atoms with Gasteiger partial charge in [-0.15, -0.1) is 0 Å². The van der Waals surface area contributed by atoms with Crippen LogP contribution in [0.2, 0.25) is 0 Å². The molecule has 134 valence electrons. The minimum Gasteiger partial charge on any atom is -0.379 e. The Morgan fingerprint density at radius 3 is 2.76 bits per heavy atom. The number of aromatic nitrogens is 3. The van der Waals surface area contributed by atoms with Crippen LogP contribution in [-0.2, 0) is 11.3 Å². The molecule has 2 aromatic heterocycles. The molecule has 0 radical (unpaired) electrons. The molecular weight excluding hydrogens is 318 g/mol. The second-order valence-corrected chi connectivity index (χ2v) is 7.29. The summed E-state index contributed by atoms with van der Waals surface area (Å²) in [6, 6.07) is 1.86. The van der Waals surface area contributed by atoms with Crippen LogP contribution in [0.15, 0.2) is 23.0 Å². The second kappa shape index (κ2) is 6.72. The van der Waals surface area contributed by atoms with E-state index in [4.69, 9.17) is 9.26 Å². The van der Waals surface area contributed by atoms with Gasteiger partial charge in [-0.25, -0.2) is 9.97 Å². The first-order chi connectivity index (χ1) is 12.2. The van der Waals surface area contributed by atoms with Crippen molar-refractivity contribution in [2.75, 3.05) is 44.3 Å². The molecule has 0 amide bonds. The molecule has 7 nitrogen and oxygen atoms in total. The average molecular weight is 343 g/mol. The van der Waals surface area contributed by atoms with E-state index in [1.165, 1.54) is 5.56 Å². The van der Waals surface area contributed by atoms with Gasteiger partial charge in [0.05, 0.1) is 18.9 Å². The van der Waals surface area contributed by atoms with Gasteiger partial charge in [0, 0.05) is 56.1 Å². The maximum absolute atomic E-state index is 5.98. The first-order valence-electron chi connectivity index (χ1n) is 8.89. The molecule has 2 saturated heterocycles. The van der Waals surface area contributed by atoms with Crippen LogP contribution in [0.25, 0.3) is 0 Å². The quantitative estimate of drug-likeness (QED) is 0.842. The fourth-order valence-corrected chi connectivity index (χ4v) is 3.97. The topological polar surface area (TPSA) is 67.5 Å². The Balaban J connectivity index is 1.49. The summed E-state index contributed by atoms with van der Waals surface area (Å²) in [6.45, 7) is 10.3. The van der Waals surface area contributed by atoms with Crippen LogP contribution in [-0.4, -0.2) is 59.4 Å².